The fraction of sp³-hybridized carbons (Fsp3) is 0.467. The SMILES string of the molecule is CCCNc1nc(CCC)nc(Sc2cccs2)c1C. The second-order valence-corrected chi connectivity index (χ2v) is 6.87. The first-order chi connectivity index (χ1) is 9.74. The molecule has 2 aromatic rings. The van der Waals surface area contributed by atoms with Crippen molar-refractivity contribution in [2.75, 3.05) is 11.9 Å². The van der Waals surface area contributed by atoms with Crippen LogP contribution in [0.3, 0.4) is 0 Å². The maximum absolute atomic E-state index is 4.72. The van der Waals surface area contributed by atoms with Crippen LogP contribution in [-0.4, -0.2) is 16.5 Å². The third-order valence-corrected chi connectivity index (χ3v) is 4.98. The number of hydrogen-bond donors (Lipinski definition) is 1. The second-order valence-electron chi connectivity index (χ2n) is 4.63. The molecule has 20 heavy (non-hydrogen) atoms. The average molecular weight is 307 g/mol. The minimum atomic E-state index is 0.930. The molecule has 0 spiro atoms. The summed E-state index contributed by atoms with van der Waals surface area (Å²) in [5, 5.41) is 6.59. The lowest BCUT2D eigenvalue weighted by atomic mass is 10.3. The lowest BCUT2D eigenvalue weighted by Crippen LogP contribution is -2.08. The van der Waals surface area contributed by atoms with Crippen LogP contribution in [0.2, 0.25) is 0 Å². The number of aromatic nitrogens is 2. The molecule has 0 aliphatic rings. The topological polar surface area (TPSA) is 37.8 Å². The van der Waals surface area contributed by atoms with Crippen molar-refractivity contribution in [1.82, 2.24) is 9.97 Å². The molecule has 0 unspecified atom stereocenters. The van der Waals surface area contributed by atoms with E-state index in [9.17, 15) is 0 Å². The predicted molar refractivity (Wildman–Crippen MR) is 88.0 cm³/mol. The van der Waals surface area contributed by atoms with Crippen LogP contribution in [0.25, 0.3) is 0 Å². The molecule has 0 radical (unpaired) electrons. The van der Waals surface area contributed by atoms with Gasteiger partial charge in [0.1, 0.15) is 16.7 Å². The van der Waals surface area contributed by atoms with E-state index in [4.69, 9.17) is 4.98 Å². The molecule has 0 aromatic carbocycles. The quantitative estimate of drug-likeness (QED) is 0.748. The second kappa shape index (κ2) is 7.64. The Hall–Kier alpha value is -1.07. The Kier molecular flexibility index (Phi) is 5.86. The molecular formula is C15H21N3S2. The van der Waals surface area contributed by atoms with Gasteiger partial charge in [-0.3, -0.25) is 0 Å². The highest BCUT2D eigenvalue weighted by molar-refractivity contribution is 8.01. The summed E-state index contributed by atoms with van der Waals surface area (Å²) in [4.78, 5) is 9.38. The molecule has 0 fully saturated rings. The number of nitrogens with zero attached hydrogens (tertiary/aromatic N) is 2. The molecule has 0 aliphatic carbocycles. The first-order valence-corrected chi connectivity index (χ1v) is 8.77. The smallest absolute Gasteiger partial charge is 0.133 e. The molecular weight excluding hydrogens is 286 g/mol. The Bertz CT molecular complexity index is 538. The van der Waals surface area contributed by atoms with Crippen molar-refractivity contribution in [3.63, 3.8) is 0 Å². The van der Waals surface area contributed by atoms with Gasteiger partial charge in [0, 0.05) is 18.5 Å². The number of thiophene rings is 1. The molecule has 0 saturated carbocycles. The van der Waals surface area contributed by atoms with Crippen molar-refractivity contribution < 1.29 is 0 Å². The fourth-order valence-electron chi connectivity index (χ4n) is 1.81. The van der Waals surface area contributed by atoms with Crippen molar-refractivity contribution in [3.05, 3.63) is 28.9 Å². The van der Waals surface area contributed by atoms with Gasteiger partial charge >= 0.3 is 0 Å². The zero-order valence-electron chi connectivity index (χ0n) is 12.3. The van der Waals surface area contributed by atoms with Gasteiger partial charge in [0.25, 0.3) is 0 Å². The highest BCUT2D eigenvalue weighted by Crippen LogP contribution is 2.34. The van der Waals surface area contributed by atoms with Crippen LogP contribution in [0, 0.1) is 6.92 Å². The summed E-state index contributed by atoms with van der Waals surface area (Å²) in [6.45, 7) is 7.38. The Labute approximate surface area is 129 Å². The van der Waals surface area contributed by atoms with Gasteiger partial charge in [-0.25, -0.2) is 9.97 Å². The van der Waals surface area contributed by atoms with Gasteiger partial charge in [-0.05, 0) is 31.2 Å². The summed E-state index contributed by atoms with van der Waals surface area (Å²) in [5.41, 5.74) is 1.15. The highest BCUT2D eigenvalue weighted by Gasteiger charge is 2.12. The third-order valence-electron chi connectivity index (χ3n) is 2.86. The molecule has 0 amide bonds. The highest BCUT2D eigenvalue weighted by atomic mass is 32.2. The lowest BCUT2D eigenvalue weighted by molar-refractivity contribution is 0.799. The van der Waals surface area contributed by atoms with E-state index in [0.29, 0.717) is 0 Å². The summed E-state index contributed by atoms with van der Waals surface area (Å²) >= 11 is 3.49. The van der Waals surface area contributed by atoms with Gasteiger partial charge < -0.3 is 5.32 Å². The first-order valence-electron chi connectivity index (χ1n) is 7.07. The number of rotatable bonds is 7. The maximum atomic E-state index is 4.72. The summed E-state index contributed by atoms with van der Waals surface area (Å²) < 4.78 is 1.27. The number of nitrogens with one attached hydrogen (secondary N) is 1. The minimum Gasteiger partial charge on any atom is -0.370 e. The summed E-state index contributed by atoms with van der Waals surface area (Å²) in [5.74, 6) is 1.93. The molecule has 0 saturated heterocycles. The molecule has 5 heteroatoms. The number of anilines is 1. The Morgan fingerprint density at radius 2 is 2.10 bits per heavy atom. The molecule has 1 N–H and O–H groups in total. The Morgan fingerprint density at radius 3 is 2.75 bits per heavy atom. The van der Waals surface area contributed by atoms with E-state index in [0.717, 1.165) is 48.0 Å². The fourth-order valence-corrected chi connectivity index (χ4v) is 3.59. The molecule has 2 aromatic heterocycles. The van der Waals surface area contributed by atoms with Crippen molar-refractivity contribution in [2.24, 2.45) is 0 Å². The van der Waals surface area contributed by atoms with E-state index in [1.54, 1.807) is 23.1 Å². The van der Waals surface area contributed by atoms with Crippen LogP contribution < -0.4 is 5.32 Å². The van der Waals surface area contributed by atoms with Gasteiger partial charge in [0.15, 0.2) is 0 Å². The predicted octanol–water partition coefficient (Wildman–Crippen LogP) is 4.77. The molecule has 108 valence electrons. The maximum Gasteiger partial charge on any atom is 0.133 e. The first kappa shape index (κ1) is 15.3. The van der Waals surface area contributed by atoms with Crippen LogP contribution in [0.4, 0.5) is 5.82 Å². The van der Waals surface area contributed by atoms with E-state index < -0.39 is 0 Å². The zero-order chi connectivity index (χ0) is 14.4. The van der Waals surface area contributed by atoms with E-state index in [-0.39, 0.29) is 0 Å². The van der Waals surface area contributed by atoms with Gasteiger partial charge in [0.2, 0.25) is 0 Å². The number of hydrogen-bond acceptors (Lipinski definition) is 5. The minimum absolute atomic E-state index is 0.930. The molecule has 2 heterocycles. The Morgan fingerprint density at radius 1 is 1.25 bits per heavy atom. The summed E-state index contributed by atoms with van der Waals surface area (Å²) in [6, 6.07) is 4.21. The third kappa shape index (κ3) is 3.96. The summed E-state index contributed by atoms with van der Waals surface area (Å²) in [6.07, 6.45) is 3.10. The largest absolute Gasteiger partial charge is 0.370 e. The van der Waals surface area contributed by atoms with Gasteiger partial charge in [-0.2, -0.15) is 0 Å². The zero-order valence-corrected chi connectivity index (χ0v) is 13.9. The number of aryl methyl sites for hydroxylation is 1. The van der Waals surface area contributed by atoms with Gasteiger partial charge in [-0.15, -0.1) is 11.3 Å². The molecule has 2 rings (SSSR count). The molecule has 0 bridgehead atoms. The lowest BCUT2D eigenvalue weighted by Gasteiger charge is -2.12. The van der Waals surface area contributed by atoms with Crippen LogP contribution in [0.1, 0.15) is 38.1 Å². The molecule has 0 atom stereocenters. The summed E-state index contributed by atoms with van der Waals surface area (Å²) in [7, 11) is 0. The van der Waals surface area contributed by atoms with E-state index >= 15 is 0 Å². The van der Waals surface area contributed by atoms with E-state index in [1.165, 1.54) is 4.21 Å². The standard InChI is InChI=1S/C15H21N3S2/c1-4-7-12-17-14(16-9-5-2)11(3)15(18-12)20-13-8-6-10-19-13/h6,8,10H,4-5,7,9H2,1-3H3,(H,16,17,18). The normalized spacial score (nSPS) is 10.8. The average Bonchev–Trinajstić information content (AvgIpc) is 2.94. The van der Waals surface area contributed by atoms with Gasteiger partial charge in [0.05, 0.1) is 4.21 Å². The molecule has 0 aliphatic heterocycles. The Balaban J connectivity index is 2.29. The van der Waals surface area contributed by atoms with Crippen molar-refractivity contribution >= 4 is 28.9 Å². The van der Waals surface area contributed by atoms with Crippen LogP contribution >= 0.6 is 23.1 Å². The van der Waals surface area contributed by atoms with Crippen molar-refractivity contribution in [3.8, 4) is 0 Å². The van der Waals surface area contributed by atoms with Crippen LogP contribution in [0.15, 0.2) is 26.7 Å². The monoisotopic (exact) mass is 307 g/mol. The van der Waals surface area contributed by atoms with Crippen molar-refractivity contribution in [2.45, 2.75) is 49.3 Å². The van der Waals surface area contributed by atoms with E-state index in [1.807, 2.05) is 0 Å². The van der Waals surface area contributed by atoms with Gasteiger partial charge in [-0.1, -0.05) is 31.7 Å². The van der Waals surface area contributed by atoms with Crippen molar-refractivity contribution in [1.29, 1.82) is 0 Å². The van der Waals surface area contributed by atoms with Crippen LogP contribution in [0.5, 0.6) is 0 Å². The van der Waals surface area contributed by atoms with E-state index in [2.05, 4.69) is 48.6 Å². The van der Waals surface area contributed by atoms with Crippen LogP contribution in [-0.2, 0) is 6.42 Å². The molecule has 3 nitrogen and oxygen atoms in total.